The second-order valence-corrected chi connectivity index (χ2v) is 7.71. The molecule has 0 saturated carbocycles. The van der Waals surface area contributed by atoms with Crippen LogP contribution in [0.5, 0.6) is 0 Å². The van der Waals surface area contributed by atoms with E-state index < -0.39 is 0 Å². The molecule has 3 heteroatoms. The summed E-state index contributed by atoms with van der Waals surface area (Å²) in [6.45, 7) is 4.49. The molecule has 2 N–H and O–H groups in total. The standard InChI is InChI=1S/C23H45NO2/c1-3-4-5-6-7-8-9-10-11-12-13-14-15-16-17-18-19-20-26-23(25)21-22(2)24/h21H,3-20,24H2,1-2H3/b22-21-. The third kappa shape index (κ3) is 21.1. The van der Waals surface area contributed by atoms with E-state index in [0.29, 0.717) is 12.3 Å². The van der Waals surface area contributed by atoms with E-state index in [1.54, 1.807) is 6.92 Å². The molecular weight excluding hydrogens is 322 g/mol. The molecule has 26 heavy (non-hydrogen) atoms. The summed E-state index contributed by atoms with van der Waals surface area (Å²) in [7, 11) is 0. The van der Waals surface area contributed by atoms with Gasteiger partial charge in [0.05, 0.1) is 6.61 Å². The number of unbranched alkanes of at least 4 members (excludes halogenated alkanes) is 16. The van der Waals surface area contributed by atoms with Crippen LogP contribution in [0, 0.1) is 0 Å². The van der Waals surface area contributed by atoms with Crippen LogP contribution in [-0.4, -0.2) is 12.6 Å². The predicted molar refractivity (Wildman–Crippen MR) is 113 cm³/mol. The van der Waals surface area contributed by atoms with E-state index in [2.05, 4.69) is 6.92 Å². The van der Waals surface area contributed by atoms with Gasteiger partial charge in [-0.3, -0.25) is 0 Å². The van der Waals surface area contributed by atoms with Crippen molar-refractivity contribution in [3.8, 4) is 0 Å². The number of allylic oxidation sites excluding steroid dienone is 1. The summed E-state index contributed by atoms with van der Waals surface area (Å²) in [5.41, 5.74) is 5.92. The first-order valence-corrected chi connectivity index (χ1v) is 11.3. The Morgan fingerprint density at radius 3 is 1.38 bits per heavy atom. The molecule has 0 rings (SSSR count). The zero-order chi connectivity index (χ0) is 19.3. The van der Waals surface area contributed by atoms with E-state index in [0.717, 1.165) is 12.8 Å². The first-order chi connectivity index (χ1) is 12.7. The number of nitrogens with two attached hydrogens (primary N) is 1. The molecule has 0 spiro atoms. The third-order valence-corrected chi connectivity index (χ3v) is 4.84. The van der Waals surface area contributed by atoms with Gasteiger partial charge in [0.15, 0.2) is 0 Å². The van der Waals surface area contributed by atoms with Crippen molar-refractivity contribution in [1.29, 1.82) is 0 Å². The van der Waals surface area contributed by atoms with Gasteiger partial charge < -0.3 is 10.5 Å². The monoisotopic (exact) mass is 367 g/mol. The molecular formula is C23H45NO2. The fourth-order valence-corrected chi connectivity index (χ4v) is 3.23. The van der Waals surface area contributed by atoms with Crippen molar-refractivity contribution in [2.24, 2.45) is 5.73 Å². The van der Waals surface area contributed by atoms with Crippen molar-refractivity contribution in [2.75, 3.05) is 6.61 Å². The van der Waals surface area contributed by atoms with Crippen LogP contribution in [-0.2, 0) is 9.53 Å². The summed E-state index contributed by atoms with van der Waals surface area (Å²) in [6, 6.07) is 0. The van der Waals surface area contributed by atoms with Gasteiger partial charge in [0.1, 0.15) is 0 Å². The molecule has 0 atom stereocenters. The van der Waals surface area contributed by atoms with Crippen molar-refractivity contribution in [3.05, 3.63) is 11.8 Å². The maximum absolute atomic E-state index is 11.2. The largest absolute Gasteiger partial charge is 0.462 e. The smallest absolute Gasteiger partial charge is 0.332 e. The minimum atomic E-state index is -0.318. The number of esters is 1. The Morgan fingerprint density at radius 1 is 0.692 bits per heavy atom. The zero-order valence-electron chi connectivity index (χ0n) is 17.7. The van der Waals surface area contributed by atoms with E-state index in [1.165, 1.54) is 102 Å². The van der Waals surface area contributed by atoms with Gasteiger partial charge >= 0.3 is 5.97 Å². The number of hydrogen-bond acceptors (Lipinski definition) is 3. The lowest BCUT2D eigenvalue weighted by Crippen LogP contribution is -2.05. The van der Waals surface area contributed by atoms with Gasteiger partial charge in [-0.25, -0.2) is 4.79 Å². The lowest BCUT2D eigenvalue weighted by atomic mass is 10.0. The average Bonchev–Trinajstić information content (AvgIpc) is 2.60. The first kappa shape index (κ1) is 25.0. The highest BCUT2D eigenvalue weighted by atomic mass is 16.5. The lowest BCUT2D eigenvalue weighted by molar-refractivity contribution is -0.137. The van der Waals surface area contributed by atoms with E-state index in [-0.39, 0.29) is 5.97 Å². The molecule has 0 saturated heterocycles. The number of carbonyl (C=O) groups is 1. The van der Waals surface area contributed by atoms with Gasteiger partial charge in [-0.05, 0) is 13.3 Å². The normalized spacial score (nSPS) is 11.7. The quantitative estimate of drug-likeness (QED) is 0.151. The van der Waals surface area contributed by atoms with Crippen LogP contribution in [0.15, 0.2) is 11.8 Å². The highest BCUT2D eigenvalue weighted by molar-refractivity contribution is 5.82. The molecule has 0 aliphatic carbocycles. The Balaban J connectivity index is 3.09. The minimum absolute atomic E-state index is 0.318. The second-order valence-electron chi connectivity index (χ2n) is 7.71. The van der Waals surface area contributed by atoms with Crippen LogP contribution in [0.2, 0.25) is 0 Å². The maximum atomic E-state index is 11.2. The van der Waals surface area contributed by atoms with Gasteiger partial charge in [0.2, 0.25) is 0 Å². The molecule has 0 fully saturated rings. The first-order valence-electron chi connectivity index (χ1n) is 11.3. The van der Waals surface area contributed by atoms with Gasteiger partial charge in [0.25, 0.3) is 0 Å². The van der Waals surface area contributed by atoms with Crippen LogP contribution in [0.4, 0.5) is 0 Å². The molecule has 0 aromatic rings. The van der Waals surface area contributed by atoms with Gasteiger partial charge in [-0.15, -0.1) is 0 Å². The molecule has 154 valence electrons. The van der Waals surface area contributed by atoms with Crippen molar-refractivity contribution in [2.45, 2.75) is 123 Å². The fraction of sp³-hybridized carbons (Fsp3) is 0.870. The van der Waals surface area contributed by atoms with Crippen molar-refractivity contribution >= 4 is 5.97 Å². The summed E-state index contributed by atoms with van der Waals surface area (Å²) in [4.78, 5) is 11.2. The second kappa shape index (κ2) is 20.3. The molecule has 0 bridgehead atoms. The van der Waals surface area contributed by atoms with Crippen LogP contribution >= 0.6 is 0 Å². The molecule has 0 amide bonds. The van der Waals surface area contributed by atoms with Gasteiger partial charge in [-0.2, -0.15) is 0 Å². The minimum Gasteiger partial charge on any atom is -0.462 e. The SMILES string of the molecule is CCCCCCCCCCCCCCCCCCCOC(=O)/C=C(/C)N. The summed E-state index contributed by atoms with van der Waals surface area (Å²) in [6.07, 6.45) is 24.4. The maximum Gasteiger partial charge on any atom is 0.332 e. The summed E-state index contributed by atoms with van der Waals surface area (Å²) >= 11 is 0. The Hall–Kier alpha value is -0.990. The van der Waals surface area contributed by atoms with E-state index >= 15 is 0 Å². The molecule has 0 aromatic carbocycles. The summed E-state index contributed by atoms with van der Waals surface area (Å²) in [5.74, 6) is -0.318. The van der Waals surface area contributed by atoms with Crippen LogP contribution in [0.3, 0.4) is 0 Å². The highest BCUT2D eigenvalue weighted by Crippen LogP contribution is 2.14. The number of ether oxygens (including phenoxy) is 1. The third-order valence-electron chi connectivity index (χ3n) is 4.84. The van der Waals surface area contributed by atoms with Crippen molar-refractivity contribution < 1.29 is 9.53 Å². The van der Waals surface area contributed by atoms with Crippen molar-refractivity contribution in [3.63, 3.8) is 0 Å². The van der Waals surface area contributed by atoms with Crippen molar-refractivity contribution in [1.82, 2.24) is 0 Å². The Bertz CT molecular complexity index is 335. The molecule has 0 aliphatic rings. The van der Waals surface area contributed by atoms with E-state index in [9.17, 15) is 4.79 Å². The highest BCUT2D eigenvalue weighted by Gasteiger charge is 1.98. The van der Waals surface area contributed by atoms with E-state index in [4.69, 9.17) is 10.5 Å². The van der Waals surface area contributed by atoms with Crippen LogP contribution in [0.25, 0.3) is 0 Å². The predicted octanol–water partition coefficient (Wildman–Crippen LogP) is 7.04. The Morgan fingerprint density at radius 2 is 1.04 bits per heavy atom. The molecule has 0 radical (unpaired) electrons. The zero-order valence-corrected chi connectivity index (χ0v) is 17.7. The fourth-order valence-electron chi connectivity index (χ4n) is 3.23. The molecule has 0 aliphatic heterocycles. The van der Waals surface area contributed by atoms with Crippen LogP contribution in [0.1, 0.15) is 123 Å². The summed E-state index contributed by atoms with van der Waals surface area (Å²) in [5, 5.41) is 0. The van der Waals surface area contributed by atoms with Gasteiger partial charge in [0, 0.05) is 11.8 Å². The van der Waals surface area contributed by atoms with Crippen LogP contribution < -0.4 is 5.73 Å². The summed E-state index contributed by atoms with van der Waals surface area (Å²) < 4.78 is 5.08. The topological polar surface area (TPSA) is 52.3 Å². The molecule has 0 unspecified atom stereocenters. The molecule has 3 nitrogen and oxygen atoms in total. The number of carbonyl (C=O) groups excluding carboxylic acids is 1. The number of hydrogen-bond donors (Lipinski definition) is 1. The van der Waals surface area contributed by atoms with Gasteiger partial charge in [-0.1, -0.05) is 110 Å². The van der Waals surface area contributed by atoms with E-state index in [1.807, 2.05) is 0 Å². The Labute approximate surface area is 163 Å². The molecule has 0 aromatic heterocycles. The average molecular weight is 368 g/mol. The lowest BCUT2D eigenvalue weighted by Gasteiger charge is -2.04. The Kier molecular flexibility index (Phi) is 19.5. The molecule has 0 heterocycles. The number of rotatable bonds is 19.